The van der Waals surface area contributed by atoms with Crippen molar-refractivity contribution in [1.82, 2.24) is 38.7 Å². The number of benzene rings is 6. The quantitative estimate of drug-likeness (QED) is 0.0295. The number of rotatable bonds is 26. The van der Waals surface area contributed by atoms with Gasteiger partial charge in [0.25, 0.3) is 11.1 Å². The maximum Gasteiger partial charge on any atom is 0.416 e. The highest BCUT2D eigenvalue weighted by molar-refractivity contribution is 7.98. The van der Waals surface area contributed by atoms with Crippen molar-refractivity contribution in [1.29, 1.82) is 0 Å². The Hall–Kier alpha value is -7.92. The van der Waals surface area contributed by atoms with Crippen LogP contribution >= 0.6 is 23.5 Å². The maximum absolute atomic E-state index is 15.2. The van der Waals surface area contributed by atoms with Gasteiger partial charge in [-0.25, -0.2) is 8.78 Å². The van der Waals surface area contributed by atoms with Crippen molar-refractivity contribution in [3.63, 3.8) is 0 Å². The summed E-state index contributed by atoms with van der Waals surface area (Å²) in [6.45, 7) is -26.3. The van der Waals surface area contributed by atoms with Gasteiger partial charge in [0, 0.05) is 86.8 Å². The molecule has 0 unspecified atom stereocenters. The van der Waals surface area contributed by atoms with Crippen LogP contribution in [0.1, 0.15) is 140 Å². The highest BCUT2D eigenvalue weighted by Crippen LogP contribution is 2.35. The number of fused-ring (bicyclic) bond motifs is 2. The summed E-state index contributed by atoms with van der Waals surface area (Å²) >= 11 is 1.77. The first-order valence-corrected chi connectivity index (χ1v) is 31.7. The van der Waals surface area contributed by atoms with Crippen LogP contribution in [-0.4, -0.2) is 103 Å². The van der Waals surface area contributed by atoms with E-state index in [2.05, 4.69) is 9.97 Å². The number of amides is 2. The Morgan fingerprint density at radius 2 is 0.958 bits per heavy atom. The molecule has 12 nitrogen and oxygen atoms in total. The normalized spacial score (nSPS) is 17.8. The van der Waals surface area contributed by atoms with Gasteiger partial charge >= 0.3 is 12.4 Å². The highest BCUT2D eigenvalue weighted by atomic mass is 32.2. The third-order valence-corrected chi connectivity index (χ3v) is 17.2. The second kappa shape index (κ2) is 32.9. The van der Waals surface area contributed by atoms with E-state index < -0.39 is 194 Å². The minimum Gasteiger partial charge on any atom is -0.336 e. The van der Waals surface area contributed by atoms with Gasteiger partial charge in [0.15, 0.2) is 10.3 Å². The number of carbonyl (C=O) groups is 2. The van der Waals surface area contributed by atoms with E-state index in [1.54, 1.807) is 12.1 Å². The van der Waals surface area contributed by atoms with Crippen LogP contribution in [0.25, 0.3) is 22.3 Å². The molecule has 0 saturated heterocycles. The molecule has 0 aliphatic heterocycles. The summed E-state index contributed by atoms with van der Waals surface area (Å²) in [6, 6.07) is 12.3. The first-order chi connectivity index (χ1) is 54.9. The van der Waals surface area contributed by atoms with Crippen LogP contribution in [0.4, 0.5) is 35.1 Å². The van der Waals surface area contributed by atoms with Crippen molar-refractivity contribution in [2.75, 3.05) is 52.1 Å². The Labute approximate surface area is 597 Å². The van der Waals surface area contributed by atoms with Gasteiger partial charge in [0.2, 0.25) is 11.8 Å². The number of thioether (sulfide) groups is 2. The number of aromatic nitrogens is 4. The van der Waals surface area contributed by atoms with Gasteiger partial charge in [-0.05, 0) is 183 Å². The molecule has 508 valence electrons. The van der Waals surface area contributed by atoms with E-state index in [4.69, 9.17) is 21.9 Å². The number of nitrogens with zero attached hydrogens (tertiary/aromatic N) is 8. The Balaban J connectivity index is 0.000000274. The number of hydrogen-bond acceptors (Lipinski definition) is 10. The lowest BCUT2D eigenvalue weighted by molar-refractivity contribution is -0.138. The first kappa shape index (κ1) is 46.3. The van der Waals surface area contributed by atoms with Crippen LogP contribution in [-0.2, 0) is 85.2 Å². The summed E-state index contributed by atoms with van der Waals surface area (Å²) in [5, 5.41) is -0.390. The molecular formula is C74H80F8N8O4S2. The summed E-state index contributed by atoms with van der Waals surface area (Å²) < 4.78 is 322. The molecule has 0 atom stereocenters. The fourth-order valence-electron chi connectivity index (χ4n) is 10.2. The third kappa shape index (κ3) is 18.8. The van der Waals surface area contributed by atoms with E-state index in [9.17, 15) is 60.5 Å². The lowest BCUT2D eigenvalue weighted by atomic mass is 9.97. The van der Waals surface area contributed by atoms with Gasteiger partial charge in [-0.1, -0.05) is 136 Å². The monoisotopic (exact) mass is 1380 g/mol. The molecule has 2 aliphatic carbocycles. The Kier molecular flexibility index (Phi) is 15.9. The average Bonchev–Trinajstić information content (AvgIpc) is 0.759. The lowest BCUT2D eigenvalue weighted by Gasteiger charge is -2.28. The summed E-state index contributed by atoms with van der Waals surface area (Å²) in [7, 11) is 0. The first-order valence-electron chi connectivity index (χ1n) is 41.8. The zero-order chi connectivity index (χ0) is 90.2. The van der Waals surface area contributed by atoms with E-state index in [0.29, 0.717) is 88.9 Å². The van der Waals surface area contributed by atoms with Crippen molar-refractivity contribution in [3.05, 3.63) is 233 Å². The molecule has 6 aromatic carbocycles. The molecular weight excluding hydrogens is 1280 g/mol. The molecule has 0 bridgehead atoms. The summed E-state index contributed by atoms with van der Waals surface area (Å²) in [4.78, 5) is 64.8. The topological polar surface area (TPSA) is 117 Å². The molecule has 22 heteroatoms. The van der Waals surface area contributed by atoms with Crippen molar-refractivity contribution in [2.45, 2.75) is 140 Å². The lowest BCUT2D eigenvalue weighted by Crippen LogP contribution is -2.40. The SMILES string of the molecule is [2H]c1c([2H])c(C([2H])([2H])N(C(=O)C([2H])([2H])n2c(SCc3ccc(F)cc3)nc(=O)c3c2CCC3)C([2H])([2H])C([2H])([2H])N(C([2H])([2H])C)C([2H])([2H])C)c([2H])c(C)c1-c1ccc(C(F)(F)F)cc1.[2H]c1c([2H])c(C([2H])([2H])N(CCN(C([2H])([2H])C)C([2H])([2H])C)C(=O)Cn2c(SCc3ccc(F)cc3)nc(=O)c3c2CCC3)c([2H])c(C)c1-c1ccc(C(F)(F)F)cc1. The fourth-order valence-corrected chi connectivity index (χ4v) is 12.1. The van der Waals surface area contributed by atoms with E-state index in [1.807, 2.05) is 0 Å². The number of halogens is 8. The van der Waals surface area contributed by atoms with Crippen molar-refractivity contribution in [3.8, 4) is 22.3 Å². The van der Waals surface area contributed by atoms with Gasteiger partial charge in [0.1, 0.15) is 24.7 Å². The zero-order valence-electron chi connectivity index (χ0n) is 76.6. The standard InChI is InChI=1S/2C37H40F4N4O2S/c2*1-4-43(5-2)19-20-44(22-27-11-18-31(25(3)21-27)28-12-14-29(15-13-28)37(39,40)41)34(46)23-45-33-8-6-7-32(33)35(47)42-36(45)48-24-26-9-16-30(38)17-10-26/h2*9-18,21H,4-8,19-20,22-24H2,1-3H3/i4D2,5D2,11D,18D,19D2,20D2,21D,22D2,23D2;4D2,5D2,11D,18D,21D,22D2. The van der Waals surface area contributed by atoms with Gasteiger partial charge in [-0.3, -0.25) is 19.2 Å². The van der Waals surface area contributed by atoms with Crippen LogP contribution in [0.5, 0.6) is 0 Å². The molecule has 0 spiro atoms. The predicted octanol–water partition coefficient (Wildman–Crippen LogP) is 15.1. The second-order valence-corrected chi connectivity index (χ2v) is 23.4. The maximum atomic E-state index is 15.2. The van der Waals surface area contributed by atoms with Crippen LogP contribution < -0.4 is 11.1 Å². The predicted molar refractivity (Wildman–Crippen MR) is 363 cm³/mol. The Morgan fingerprint density at radius 1 is 0.531 bits per heavy atom. The van der Waals surface area contributed by atoms with Crippen LogP contribution in [0.3, 0.4) is 0 Å². The number of hydrogen-bond donors (Lipinski definition) is 0. The van der Waals surface area contributed by atoms with E-state index >= 15 is 4.79 Å². The molecule has 2 heterocycles. The van der Waals surface area contributed by atoms with Gasteiger partial charge in [-0.15, -0.1) is 0 Å². The highest BCUT2D eigenvalue weighted by Gasteiger charge is 2.32. The van der Waals surface area contributed by atoms with Crippen LogP contribution in [0.2, 0.25) is 0 Å². The number of alkyl halides is 6. The van der Waals surface area contributed by atoms with E-state index in [0.717, 1.165) is 86.0 Å². The molecule has 0 N–H and O–H groups in total. The minimum absolute atomic E-state index is 0.0505. The molecule has 2 aromatic heterocycles. The molecule has 0 fully saturated rings. The molecule has 0 radical (unpaired) electrons. The summed E-state index contributed by atoms with van der Waals surface area (Å²) in [6.07, 6.45) is -7.84. The number of likely N-dealkylation sites (N-methyl/N-ethyl adjacent to an activating group) is 2. The van der Waals surface area contributed by atoms with Gasteiger partial charge in [-0.2, -0.15) is 36.3 Å². The van der Waals surface area contributed by atoms with Gasteiger partial charge in [0.05, 0.1) is 30.3 Å². The van der Waals surface area contributed by atoms with E-state index in [1.165, 1.54) is 35.8 Å². The smallest absolute Gasteiger partial charge is 0.336 e. The van der Waals surface area contributed by atoms with Gasteiger partial charge < -0.3 is 28.7 Å². The molecule has 0 saturated carbocycles. The van der Waals surface area contributed by atoms with Crippen LogP contribution in [0.15, 0.2) is 153 Å². The van der Waals surface area contributed by atoms with Crippen molar-refractivity contribution in [2.24, 2.45) is 0 Å². The van der Waals surface area contributed by atoms with Crippen molar-refractivity contribution < 1.29 is 77.6 Å². The summed E-state index contributed by atoms with van der Waals surface area (Å²) in [5.74, 6) is -4.18. The molecule has 2 amide bonds. The second-order valence-electron chi connectivity index (χ2n) is 21.5. The van der Waals surface area contributed by atoms with Crippen molar-refractivity contribution >= 4 is 35.3 Å². The summed E-state index contributed by atoms with van der Waals surface area (Å²) in [5.41, 5.74) is -4.47. The third-order valence-electron chi connectivity index (χ3n) is 15.2. The molecule has 2 aliphatic rings. The molecule has 8 aromatic rings. The zero-order valence-corrected chi connectivity index (χ0v) is 54.2. The fraction of sp³-hybridized carbons (Fsp3) is 0.378. The Bertz CT molecular complexity index is 5250. The van der Waals surface area contributed by atoms with E-state index in [-0.39, 0.29) is 85.5 Å². The molecule has 96 heavy (non-hydrogen) atoms. The average molecular weight is 1390 g/mol. The van der Waals surface area contributed by atoms with Crippen LogP contribution in [0, 0.1) is 25.5 Å². The number of carbonyl (C=O) groups excluding carboxylic acids is 2. The molecule has 10 rings (SSSR count). The minimum atomic E-state index is -4.76. The largest absolute Gasteiger partial charge is 0.416 e. The Morgan fingerprint density at radius 3 is 1.40 bits per heavy atom.